The molecule has 1 amide bonds. The number of rotatable bonds is 37. The second-order valence-electron chi connectivity index (χ2n) is 15.3. The summed E-state index contributed by atoms with van der Waals surface area (Å²) >= 11 is 0. The third-order valence-corrected chi connectivity index (χ3v) is 10.0. The van der Waals surface area contributed by atoms with Crippen LogP contribution in [0.1, 0.15) is 174 Å². The van der Waals surface area contributed by atoms with E-state index in [4.69, 9.17) is 9.05 Å². The molecule has 0 heterocycles. The zero-order valence-electron chi connectivity index (χ0n) is 33.8. The zero-order chi connectivity index (χ0) is 37.9. The molecule has 3 atom stereocenters. The average Bonchev–Trinajstić information content (AvgIpc) is 3.07. The van der Waals surface area contributed by atoms with Gasteiger partial charge in [-0.05, 0) is 57.8 Å². The number of aliphatic hydroxyl groups excluding tert-OH is 1. The van der Waals surface area contributed by atoms with Crippen LogP contribution in [0.15, 0.2) is 36.5 Å². The summed E-state index contributed by atoms with van der Waals surface area (Å²) in [7, 11) is 1.23. The van der Waals surface area contributed by atoms with E-state index in [1.165, 1.54) is 96.3 Å². The number of amides is 1. The van der Waals surface area contributed by atoms with Gasteiger partial charge < -0.3 is 28.8 Å². The van der Waals surface area contributed by atoms with E-state index in [0.29, 0.717) is 17.4 Å². The Labute approximate surface area is 315 Å². The van der Waals surface area contributed by atoms with Crippen molar-refractivity contribution < 1.29 is 32.9 Å². The van der Waals surface area contributed by atoms with Crippen LogP contribution in [0.5, 0.6) is 0 Å². The third-order valence-electron chi connectivity index (χ3n) is 9.07. The monoisotopic (exact) mass is 741 g/mol. The van der Waals surface area contributed by atoms with Gasteiger partial charge in [0.1, 0.15) is 13.2 Å². The van der Waals surface area contributed by atoms with Crippen molar-refractivity contribution >= 4 is 13.7 Å². The highest BCUT2D eigenvalue weighted by Gasteiger charge is 2.23. The van der Waals surface area contributed by atoms with Gasteiger partial charge in [-0.25, -0.2) is 0 Å². The summed E-state index contributed by atoms with van der Waals surface area (Å²) in [4.78, 5) is 25.2. The van der Waals surface area contributed by atoms with E-state index in [-0.39, 0.29) is 12.5 Å². The van der Waals surface area contributed by atoms with Gasteiger partial charge in [-0.2, -0.15) is 0 Å². The number of phosphoric acid groups is 1. The van der Waals surface area contributed by atoms with Crippen molar-refractivity contribution in [2.45, 2.75) is 187 Å². The standard InChI is InChI=1S/C42H81N2O6P/c1-6-8-10-12-14-16-18-20-21-22-24-25-27-29-31-33-35-41(45)40(39-50-51(47,48)49-38-37-44(3,4)5)43-42(46)36-34-32-30-28-26-23-19-17-15-13-11-9-7-2/h17,19,25,27,33,35,40-41,45H,6-16,18,20-24,26,28-32,34,36-39H2,1-5H3,(H-,43,46,47,48)/b19-17+,27-25+,35-33+/t40-,41+/m0/s1. The molecule has 0 aromatic carbocycles. The number of carbonyl (C=O) groups excluding carboxylic acids is 1. The molecule has 51 heavy (non-hydrogen) atoms. The molecule has 0 saturated heterocycles. The van der Waals surface area contributed by atoms with Crippen molar-refractivity contribution in [3.63, 3.8) is 0 Å². The van der Waals surface area contributed by atoms with Crippen molar-refractivity contribution in [2.75, 3.05) is 40.9 Å². The number of carbonyl (C=O) groups is 1. The molecule has 300 valence electrons. The number of allylic oxidation sites excluding steroid dienone is 5. The Morgan fingerprint density at radius 3 is 1.61 bits per heavy atom. The molecule has 8 nitrogen and oxygen atoms in total. The molecular weight excluding hydrogens is 659 g/mol. The maximum atomic E-state index is 12.8. The fraction of sp³-hybridized carbons (Fsp3) is 0.833. The minimum atomic E-state index is -4.59. The van der Waals surface area contributed by atoms with Gasteiger partial charge in [-0.15, -0.1) is 0 Å². The average molecular weight is 741 g/mol. The summed E-state index contributed by atoms with van der Waals surface area (Å²) in [5, 5.41) is 13.7. The van der Waals surface area contributed by atoms with Crippen LogP contribution in [0.25, 0.3) is 0 Å². The van der Waals surface area contributed by atoms with Crippen LogP contribution in [0.3, 0.4) is 0 Å². The van der Waals surface area contributed by atoms with Gasteiger partial charge in [0, 0.05) is 6.42 Å². The minimum Gasteiger partial charge on any atom is -0.756 e. The zero-order valence-corrected chi connectivity index (χ0v) is 34.7. The number of nitrogens with zero attached hydrogens (tertiary/aromatic N) is 1. The van der Waals surface area contributed by atoms with Crippen LogP contribution in [-0.4, -0.2) is 68.5 Å². The molecule has 0 spiro atoms. The molecular formula is C42H81N2O6P. The van der Waals surface area contributed by atoms with Gasteiger partial charge in [0.15, 0.2) is 0 Å². The molecule has 0 aliphatic carbocycles. The Balaban J connectivity index is 4.55. The van der Waals surface area contributed by atoms with Gasteiger partial charge in [-0.3, -0.25) is 9.36 Å². The Morgan fingerprint density at radius 1 is 0.667 bits per heavy atom. The lowest BCUT2D eigenvalue weighted by molar-refractivity contribution is -0.870. The molecule has 0 aliphatic heterocycles. The van der Waals surface area contributed by atoms with Crippen molar-refractivity contribution in [1.82, 2.24) is 5.32 Å². The molecule has 0 rings (SSSR count). The first-order valence-electron chi connectivity index (χ1n) is 20.9. The number of nitrogens with one attached hydrogen (secondary N) is 1. The lowest BCUT2D eigenvalue weighted by atomic mass is 10.1. The van der Waals surface area contributed by atoms with E-state index in [2.05, 4.69) is 43.5 Å². The smallest absolute Gasteiger partial charge is 0.268 e. The number of aliphatic hydroxyl groups is 1. The second-order valence-corrected chi connectivity index (χ2v) is 16.7. The van der Waals surface area contributed by atoms with Crippen LogP contribution in [0.2, 0.25) is 0 Å². The first-order chi connectivity index (χ1) is 24.5. The Bertz CT molecular complexity index is 933. The lowest BCUT2D eigenvalue weighted by Crippen LogP contribution is -2.45. The van der Waals surface area contributed by atoms with Gasteiger partial charge in [-0.1, -0.05) is 147 Å². The summed E-state index contributed by atoms with van der Waals surface area (Å²) in [6.07, 6.45) is 40.4. The molecule has 0 radical (unpaired) electrons. The predicted octanol–water partition coefficient (Wildman–Crippen LogP) is 10.5. The van der Waals surface area contributed by atoms with Crippen LogP contribution in [-0.2, 0) is 18.4 Å². The maximum Gasteiger partial charge on any atom is 0.268 e. The van der Waals surface area contributed by atoms with E-state index in [0.717, 1.165) is 57.8 Å². The SMILES string of the molecule is CCCCCC/C=C/CCCCCCCC(=O)N[C@@H](COP(=O)([O-])OCC[N+](C)(C)C)[C@H](O)/C=C/CC/C=C/CCCCCCCCCCCC. The molecule has 0 bridgehead atoms. The van der Waals surface area contributed by atoms with Crippen LogP contribution in [0.4, 0.5) is 0 Å². The lowest BCUT2D eigenvalue weighted by Gasteiger charge is -2.29. The van der Waals surface area contributed by atoms with E-state index in [9.17, 15) is 19.4 Å². The van der Waals surface area contributed by atoms with E-state index < -0.39 is 26.6 Å². The van der Waals surface area contributed by atoms with E-state index in [1.54, 1.807) is 6.08 Å². The summed E-state index contributed by atoms with van der Waals surface area (Å²) in [6, 6.07) is -0.904. The van der Waals surface area contributed by atoms with Crippen LogP contribution >= 0.6 is 7.82 Å². The third kappa shape index (κ3) is 36.9. The van der Waals surface area contributed by atoms with Gasteiger partial charge in [0.25, 0.3) is 7.82 Å². The highest BCUT2D eigenvalue weighted by atomic mass is 31.2. The van der Waals surface area contributed by atoms with Crippen molar-refractivity contribution in [1.29, 1.82) is 0 Å². The van der Waals surface area contributed by atoms with Gasteiger partial charge in [0.05, 0.1) is 39.9 Å². The molecule has 2 N–H and O–H groups in total. The predicted molar refractivity (Wildman–Crippen MR) is 215 cm³/mol. The molecule has 1 unspecified atom stereocenters. The quantitative estimate of drug-likeness (QED) is 0.0284. The molecule has 0 aromatic heterocycles. The van der Waals surface area contributed by atoms with Crippen molar-refractivity contribution in [3.05, 3.63) is 36.5 Å². The number of hydrogen-bond donors (Lipinski definition) is 2. The Kier molecular flexibility index (Phi) is 33.6. The topological polar surface area (TPSA) is 108 Å². The summed E-state index contributed by atoms with van der Waals surface area (Å²) in [6.45, 7) is 4.58. The first kappa shape index (κ1) is 49.7. The summed E-state index contributed by atoms with van der Waals surface area (Å²) in [5.74, 6) is -0.219. The minimum absolute atomic E-state index is 0.00813. The fourth-order valence-corrected chi connectivity index (χ4v) is 6.41. The molecule has 0 aliphatic rings. The van der Waals surface area contributed by atoms with Gasteiger partial charge >= 0.3 is 0 Å². The first-order valence-corrected chi connectivity index (χ1v) is 22.3. The largest absolute Gasteiger partial charge is 0.756 e. The van der Waals surface area contributed by atoms with Crippen molar-refractivity contribution in [3.8, 4) is 0 Å². The highest BCUT2D eigenvalue weighted by Crippen LogP contribution is 2.38. The van der Waals surface area contributed by atoms with Crippen LogP contribution in [0, 0.1) is 0 Å². The van der Waals surface area contributed by atoms with Crippen molar-refractivity contribution in [2.24, 2.45) is 0 Å². The molecule has 0 aromatic rings. The van der Waals surface area contributed by atoms with Gasteiger partial charge in [0.2, 0.25) is 5.91 Å². The number of quaternary nitrogens is 1. The fourth-order valence-electron chi connectivity index (χ4n) is 5.69. The number of likely N-dealkylation sites (N-methyl/N-ethyl adjacent to an activating group) is 1. The normalized spacial score (nSPS) is 14.9. The molecule has 9 heteroatoms. The molecule has 0 fully saturated rings. The number of hydrogen-bond acceptors (Lipinski definition) is 6. The second kappa shape index (κ2) is 34.5. The Morgan fingerprint density at radius 2 is 1.10 bits per heavy atom. The number of unbranched alkanes of at least 4 members (excludes halogenated alkanes) is 20. The van der Waals surface area contributed by atoms with E-state index >= 15 is 0 Å². The van der Waals surface area contributed by atoms with E-state index in [1.807, 2.05) is 27.2 Å². The van der Waals surface area contributed by atoms with Crippen LogP contribution < -0.4 is 10.2 Å². The number of phosphoric ester groups is 1. The maximum absolute atomic E-state index is 12.8. The molecule has 0 saturated carbocycles. The highest BCUT2D eigenvalue weighted by molar-refractivity contribution is 7.45. The Hall–Kier alpha value is -1.28. The summed E-state index contributed by atoms with van der Waals surface area (Å²) < 4.78 is 23.1. The summed E-state index contributed by atoms with van der Waals surface area (Å²) in [5.41, 5.74) is 0.